The van der Waals surface area contributed by atoms with Gasteiger partial charge >= 0.3 is 0 Å². The number of unbranched alkanes of at least 4 members (excludes halogenated alkanes) is 12. The van der Waals surface area contributed by atoms with E-state index in [2.05, 4.69) is 13.8 Å². The summed E-state index contributed by atoms with van der Waals surface area (Å²) in [5.74, 6) is 0. The zero-order valence-corrected chi connectivity index (χ0v) is 21.0. The van der Waals surface area contributed by atoms with Crippen LogP contribution in [0.2, 0.25) is 0 Å². The van der Waals surface area contributed by atoms with Gasteiger partial charge < -0.3 is 29.2 Å². The summed E-state index contributed by atoms with van der Waals surface area (Å²) in [7, 11) is 0. The number of aliphatic hydroxyl groups excluding tert-OH is 2. The lowest BCUT2D eigenvalue weighted by atomic mass is 10.1. The molecular formula is C26H52O6. The van der Waals surface area contributed by atoms with E-state index < -0.39 is 6.10 Å². The molecule has 2 saturated heterocycles. The van der Waals surface area contributed by atoms with Gasteiger partial charge in [0.1, 0.15) is 12.2 Å². The van der Waals surface area contributed by atoms with Gasteiger partial charge in [0, 0.05) is 0 Å². The van der Waals surface area contributed by atoms with Gasteiger partial charge in [-0.15, -0.1) is 0 Å². The van der Waals surface area contributed by atoms with Crippen molar-refractivity contribution in [3.8, 4) is 0 Å². The molecule has 0 aliphatic carbocycles. The summed E-state index contributed by atoms with van der Waals surface area (Å²) in [6, 6.07) is 0. The summed E-state index contributed by atoms with van der Waals surface area (Å²) in [4.78, 5) is 0. The summed E-state index contributed by atoms with van der Waals surface area (Å²) in [6.07, 6.45) is 19.7. The molecule has 0 saturated carbocycles. The maximum atomic E-state index is 9.17. The first kappa shape index (κ1) is 29.8. The third-order valence-electron chi connectivity index (χ3n) is 6.05. The molecule has 0 radical (unpaired) electrons. The Morgan fingerprint density at radius 1 is 0.594 bits per heavy atom. The molecule has 2 atom stereocenters. The van der Waals surface area contributed by atoms with Crippen LogP contribution < -0.4 is 0 Å². The molecule has 0 amide bonds. The lowest BCUT2D eigenvalue weighted by molar-refractivity contribution is -0.218. The van der Waals surface area contributed by atoms with Crippen molar-refractivity contribution in [2.75, 3.05) is 26.4 Å². The molecule has 6 heteroatoms. The van der Waals surface area contributed by atoms with E-state index in [1.54, 1.807) is 0 Å². The van der Waals surface area contributed by atoms with E-state index in [1.807, 2.05) is 0 Å². The van der Waals surface area contributed by atoms with Gasteiger partial charge in [-0.25, -0.2) is 0 Å². The molecule has 0 aromatic heterocycles. The molecule has 2 unspecified atom stereocenters. The molecule has 2 heterocycles. The summed E-state index contributed by atoms with van der Waals surface area (Å²) in [6.45, 7) is 5.98. The zero-order chi connectivity index (χ0) is 23.3. The molecule has 0 aromatic carbocycles. The fourth-order valence-electron chi connectivity index (χ4n) is 3.99. The fraction of sp³-hybridized carbons (Fsp3) is 1.00. The summed E-state index contributed by atoms with van der Waals surface area (Å²) in [5.41, 5.74) is 0. The minimum atomic E-state index is -0.426. The third-order valence-corrected chi connectivity index (χ3v) is 6.05. The molecule has 6 nitrogen and oxygen atoms in total. The van der Waals surface area contributed by atoms with Gasteiger partial charge in [0.05, 0.1) is 26.4 Å². The minimum Gasteiger partial charge on any atom is -0.394 e. The van der Waals surface area contributed by atoms with Gasteiger partial charge in [-0.2, -0.15) is 0 Å². The smallest absolute Gasteiger partial charge is 0.158 e. The van der Waals surface area contributed by atoms with Crippen LogP contribution in [0, 0.1) is 0 Å². The predicted molar refractivity (Wildman–Crippen MR) is 129 cm³/mol. The molecule has 2 rings (SSSR count). The number of ether oxygens (including phenoxy) is 4. The van der Waals surface area contributed by atoms with Crippen molar-refractivity contribution >= 4 is 0 Å². The van der Waals surface area contributed by atoms with E-state index in [0.717, 1.165) is 12.8 Å². The van der Waals surface area contributed by atoms with E-state index in [9.17, 15) is 0 Å². The second kappa shape index (κ2) is 21.3. The van der Waals surface area contributed by atoms with Crippen molar-refractivity contribution < 1.29 is 29.2 Å². The highest BCUT2D eigenvalue weighted by atomic mass is 16.7. The highest BCUT2D eigenvalue weighted by Crippen LogP contribution is 2.18. The highest BCUT2D eigenvalue weighted by molar-refractivity contribution is 4.64. The molecule has 2 aliphatic rings. The van der Waals surface area contributed by atoms with Crippen LogP contribution in [0.1, 0.15) is 117 Å². The van der Waals surface area contributed by atoms with Crippen molar-refractivity contribution in [2.24, 2.45) is 0 Å². The Hall–Kier alpha value is -0.240. The average Bonchev–Trinajstić information content (AvgIpc) is 3.28. The Morgan fingerprint density at radius 3 is 1.50 bits per heavy atom. The summed E-state index contributed by atoms with van der Waals surface area (Å²) >= 11 is 0. The fourth-order valence-corrected chi connectivity index (χ4v) is 3.99. The molecular weight excluding hydrogens is 408 g/mol. The van der Waals surface area contributed by atoms with Crippen molar-refractivity contribution in [2.45, 2.75) is 141 Å². The van der Waals surface area contributed by atoms with Crippen LogP contribution in [0.3, 0.4) is 0 Å². The Bertz CT molecular complexity index is 371. The van der Waals surface area contributed by atoms with Crippen LogP contribution in [0.15, 0.2) is 0 Å². The number of aliphatic hydroxyl groups is 2. The van der Waals surface area contributed by atoms with Gasteiger partial charge in [0.15, 0.2) is 12.6 Å². The van der Waals surface area contributed by atoms with Crippen LogP contribution in [-0.2, 0) is 18.9 Å². The minimum absolute atomic E-state index is 0.0622. The van der Waals surface area contributed by atoms with Gasteiger partial charge in [0.25, 0.3) is 0 Å². The first-order valence-electron chi connectivity index (χ1n) is 13.5. The molecule has 2 fully saturated rings. The van der Waals surface area contributed by atoms with E-state index in [1.165, 1.54) is 89.9 Å². The maximum Gasteiger partial charge on any atom is 0.158 e. The monoisotopic (exact) mass is 460 g/mol. The molecule has 2 N–H and O–H groups in total. The normalized spacial score (nSPS) is 25.5. The third kappa shape index (κ3) is 16.4. The lowest BCUT2D eigenvalue weighted by Crippen LogP contribution is -2.35. The summed E-state index contributed by atoms with van der Waals surface area (Å²) in [5, 5.41) is 18.0. The lowest BCUT2D eigenvalue weighted by Gasteiger charge is -2.26. The van der Waals surface area contributed by atoms with Crippen LogP contribution in [0.5, 0.6) is 0 Å². The average molecular weight is 461 g/mol. The maximum absolute atomic E-state index is 9.17. The number of hydrogen-bond donors (Lipinski definition) is 2. The van der Waals surface area contributed by atoms with E-state index in [4.69, 9.17) is 29.2 Å². The molecule has 0 spiro atoms. The first-order valence-corrected chi connectivity index (χ1v) is 13.5. The van der Waals surface area contributed by atoms with Crippen LogP contribution in [-0.4, -0.2) is 61.4 Å². The van der Waals surface area contributed by atoms with Crippen molar-refractivity contribution in [3.05, 3.63) is 0 Å². The standard InChI is InChI=1S/2C13H26O3/c1-2-3-4-5-6-7-8-9-13-15-10-12(14)11-16-13;1-2-3-4-5-6-7-8-9-13-15-11-12(10-14)16-13/h2*12-14H,2-11H2,1H3. The SMILES string of the molecule is CCCCCCCCCC1OCC(CO)O1.CCCCCCCCCC1OCC(O)CO1. The predicted octanol–water partition coefficient (Wildman–Crippen LogP) is 5.72. The Morgan fingerprint density at radius 2 is 1.03 bits per heavy atom. The molecule has 0 aromatic rings. The van der Waals surface area contributed by atoms with Crippen LogP contribution in [0.25, 0.3) is 0 Å². The number of rotatable bonds is 17. The second-order valence-corrected chi connectivity index (χ2v) is 9.27. The molecule has 32 heavy (non-hydrogen) atoms. The molecule has 2 aliphatic heterocycles. The van der Waals surface area contributed by atoms with E-state index in [-0.39, 0.29) is 25.3 Å². The Labute approximate surface area is 197 Å². The van der Waals surface area contributed by atoms with E-state index in [0.29, 0.717) is 19.8 Å². The van der Waals surface area contributed by atoms with Crippen LogP contribution >= 0.6 is 0 Å². The molecule has 0 bridgehead atoms. The quantitative estimate of drug-likeness (QED) is 0.270. The largest absolute Gasteiger partial charge is 0.394 e. The van der Waals surface area contributed by atoms with Gasteiger partial charge in [-0.05, 0) is 25.7 Å². The zero-order valence-electron chi connectivity index (χ0n) is 21.0. The van der Waals surface area contributed by atoms with Crippen LogP contribution in [0.4, 0.5) is 0 Å². The second-order valence-electron chi connectivity index (χ2n) is 9.27. The topological polar surface area (TPSA) is 77.4 Å². The van der Waals surface area contributed by atoms with E-state index >= 15 is 0 Å². The molecule has 192 valence electrons. The Balaban J connectivity index is 0.000000320. The highest BCUT2D eigenvalue weighted by Gasteiger charge is 2.24. The van der Waals surface area contributed by atoms with Crippen molar-refractivity contribution in [1.29, 1.82) is 0 Å². The Kier molecular flexibility index (Phi) is 19.8. The van der Waals surface area contributed by atoms with Crippen molar-refractivity contribution in [3.63, 3.8) is 0 Å². The van der Waals surface area contributed by atoms with Crippen molar-refractivity contribution in [1.82, 2.24) is 0 Å². The summed E-state index contributed by atoms with van der Waals surface area (Å²) < 4.78 is 21.6. The number of hydrogen-bond acceptors (Lipinski definition) is 6. The van der Waals surface area contributed by atoms with Gasteiger partial charge in [-0.3, -0.25) is 0 Å². The van der Waals surface area contributed by atoms with Gasteiger partial charge in [0.2, 0.25) is 0 Å². The first-order chi connectivity index (χ1) is 15.7. The van der Waals surface area contributed by atoms with Gasteiger partial charge in [-0.1, -0.05) is 90.9 Å².